The Labute approximate surface area is 181 Å². The van der Waals surface area contributed by atoms with E-state index in [0.29, 0.717) is 12.1 Å². The van der Waals surface area contributed by atoms with E-state index < -0.39 is 0 Å². The van der Waals surface area contributed by atoms with Crippen LogP contribution < -0.4 is 10.6 Å². The summed E-state index contributed by atoms with van der Waals surface area (Å²) < 4.78 is 0. The quantitative estimate of drug-likeness (QED) is 0.625. The van der Waals surface area contributed by atoms with E-state index in [9.17, 15) is 9.59 Å². The van der Waals surface area contributed by atoms with Gasteiger partial charge in [-0.1, -0.05) is 54.6 Å². The number of anilines is 2. The van der Waals surface area contributed by atoms with Gasteiger partial charge in [0.1, 0.15) is 0 Å². The molecule has 0 atom stereocenters. The lowest BCUT2D eigenvalue weighted by Crippen LogP contribution is -2.34. The van der Waals surface area contributed by atoms with Gasteiger partial charge in [-0.2, -0.15) is 0 Å². The van der Waals surface area contributed by atoms with Crippen molar-refractivity contribution in [2.45, 2.75) is 19.9 Å². The molecule has 3 aromatic carbocycles. The van der Waals surface area contributed by atoms with Gasteiger partial charge in [0.15, 0.2) is 0 Å². The van der Waals surface area contributed by atoms with E-state index in [-0.39, 0.29) is 11.8 Å². The highest BCUT2D eigenvalue weighted by molar-refractivity contribution is 6.37. The molecule has 154 valence electrons. The largest absolute Gasteiger partial charge is 0.354 e. The first-order valence-electron chi connectivity index (χ1n) is 10.4. The lowest BCUT2D eigenvalue weighted by molar-refractivity contribution is -0.129. The first-order valence-corrected chi connectivity index (χ1v) is 10.4. The number of carbonyl (C=O) groups is 2. The minimum atomic E-state index is -0.117. The number of amides is 2. The molecule has 0 aromatic heterocycles. The molecule has 5 heteroatoms. The SMILES string of the molecule is CC(=O)N1CCc2ccc(NC(=C3C(=O)Nc4ccccc43)c3ccccc3)cc2C1. The Morgan fingerprint density at radius 1 is 0.968 bits per heavy atom. The molecular formula is C26H23N3O2. The van der Waals surface area contributed by atoms with E-state index in [0.717, 1.165) is 46.7 Å². The van der Waals surface area contributed by atoms with Crippen molar-refractivity contribution in [3.63, 3.8) is 0 Å². The second-order valence-electron chi connectivity index (χ2n) is 7.91. The highest BCUT2D eigenvalue weighted by Gasteiger charge is 2.28. The van der Waals surface area contributed by atoms with Crippen LogP contribution in [0.25, 0.3) is 11.3 Å². The van der Waals surface area contributed by atoms with Crippen LogP contribution in [0.4, 0.5) is 11.4 Å². The number of hydrogen-bond donors (Lipinski definition) is 2. The summed E-state index contributed by atoms with van der Waals surface area (Å²) >= 11 is 0. The van der Waals surface area contributed by atoms with Crippen molar-refractivity contribution in [3.05, 3.63) is 95.1 Å². The Morgan fingerprint density at radius 3 is 2.55 bits per heavy atom. The van der Waals surface area contributed by atoms with Crippen molar-refractivity contribution >= 4 is 34.5 Å². The Bertz CT molecular complexity index is 1210. The Hall–Kier alpha value is -3.86. The summed E-state index contributed by atoms with van der Waals surface area (Å²) in [5.41, 5.74) is 7.34. The van der Waals surface area contributed by atoms with Crippen molar-refractivity contribution in [1.29, 1.82) is 0 Å². The van der Waals surface area contributed by atoms with Gasteiger partial charge in [-0.25, -0.2) is 0 Å². The van der Waals surface area contributed by atoms with Gasteiger partial charge in [0.05, 0.1) is 11.3 Å². The summed E-state index contributed by atoms with van der Waals surface area (Å²) in [5, 5.41) is 6.49. The van der Waals surface area contributed by atoms with Crippen LogP contribution in [0.5, 0.6) is 0 Å². The number of hydrogen-bond acceptors (Lipinski definition) is 3. The van der Waals surface area contributed by atoms with E-state index in [2.05, 4.69) is 22.8 Å². The molecule has 0 spiro atoms. The maximum absolute atomic E-state index is 12.9. The molecule has 0 saturated carbocycles. The third kappa shape index (κ3) is 3.59. The molecule has 2 heterocycles. The van der Waals surface area contributed by atoms with Crippen molar-refractivity contribution in [3.8, 4) is 0 Å². The van der Waals surface area contributed by atoms with Gasteiger partial charge in [-0.3, -0.25) is 9.59 Å². The number of nitrogens with zero attached hydrogens (tertiary/aromatic N) is 1. The average molecular weight is 409 g/mol. The van der Waals surface area contributed by atoms with Gasteiger partial charge in [0.2, 0.25) is 5.91 Å². The van der Waals surface area contributed by atoms with Crippen LogP contribution in [-0.2, 0) is 22.6 Å². The van der Waals surface area contributed by atoms with Gasteiger partial charge in [-0.05, 0) is 41.3 Å². The number of benzene rings is 3. The van der Waals surface area contributed by atoms with Gasteiger partial charge < -0.3 is 15.5 Å². The number of para-hydroxylation sites is 1. The Kier molecular flexibility index (Phi) is 4.79. The van der Waals surface area contributed by atoms with Crippen LogP contribution in [-0.4, -0.2) is 23.3 Å². The fourth-order valence-corrected chi connectivity index (χ4v) is 4.30. The third-order valence-electron chi connectivity index (χ3n) is 5.92. The van der Waals surface area contributed by atoms with E-state index >= 15 is 0 Å². The van der Waals surface area contributed by atoms with Crippen molar-refractivity contribution in [1.82, 2.24) is 4.90 Å². The maximum atomic E-state index is 12.9. The molecule has 5 rings (SSSR count). The van der Waals surface area contributed by atoms with Gasteiger partial charge >= 0.3 is 0 Å². The molecule has 0 saturated heterocycles. The molecule has 0 bridgehead atoms. The molecule has 0 unspecified atom stereocenters. The van der Waals surface area contributed by atoms with E-state index in [1.165, 1.54) is 5.56 Å². The molecule has 3 aromatic rings. The number of nitrogens with one attached hydrogen (secondary N) is 2. The smallest absolute Gasteiger partial charge is 0.258 e. The average Bonchev–Trinajstić information content (AvgIpc) is 3.13. The summed E-state index contributed by atoms with van der Waals surface area (Å²) in [4.78, 5) is 26.6. The minimum Gasteiger partial charge on any atom is -0.354 e. The molecule has 0 fully saturated rings. The molecule has 2 aliphatic rings. The zero-order valence-electron chi connectivity index (χ0n) is 17.3. The second kappa shape index (κ2) is 7.76. The van der Waals surface area contributed by atoms with E-state index in [1.807, 2.05) is 65.6 Å². The number of fused-ring (bicyclic) bond motifs is 2. The monoisotopic (exact) mass is 409 g/mol. The zero-order valence-corrected chi connectivity index (χ0v) is 17.3. The minimum absolute atomic E-state index is 0.0929. The molecule has 2 amide bonds. The second-order valence-corrected chi connectivity index (χ2v) is 7.91. The van der Waals surface area contributed by atoms with Gasteiger partial charge in [0.25, 0.3) is 5.91 Å². The lowest BCUT2D eigenvalue weighted by atomic mass is 9.97. The number of rotatable bonds is 3. The number of carbonyl (C=O) groups excluding carboxylic acids is 2. The molecule has 0 aliphatic carbocycles. The van der Waals surface area contributed by atoms with Crippen LogP contribution in [0.3, 0.4) is 0 Å². The summed E-state index contributed by atoms with van der Waals surface area (Å²) in [5.74, 6) is -0.0244. The van der Waals surface area contributed by atoms with Crippen molar-refractivity contribution in [2.24, 2.45) is 0 Å². The molecule has 0 radical (unpaired) electrons. The Morgan fingerprint density at radius 2 is 1.74 bits per heavy atom. The summed E-state index contributed by atoms with van der Waals surface area (Å²) in [6, 6.07) is 23.9. The van der Waals surface area contributed by atoms with Crippen molar-refractivity contribution in [2.75, 3.05) is 17.2 Å². The zero-order chi connectivity index (χ0) is 21.4. The fourth-order valence-electron chi connectivity index (χ4n) is 4.30. The van der Waals surface area contributed by atoms with Crippen LogP contribution in [0.15, 0.2) is 72.8 Å². The molecule has 5 nitrogen and oxygen atoms in total. The molecular weight excluding hydrogens is 386 g/mol. The summed E-state index contributed by atoms with van der Waals surface area (Å²) in [6.07, 6.45) is 0.859. The molecule has 2 N–H and O–H groups in total. The highest BCUT2D eigenvalue weighted by atomic mass is 16.2. The van der Waals surface area contributed by atoms with Gasteiger partial charge in [0, 0.05) is 37.0 Å². The first-order chi connectivity index (χ1) is 15.1. The van der Waals surface area contributed by atoms with E-state index in [1.54, 1.807) is 6.92 Å². The predicted molar refractivity (Wildman–Crippen MR) is 123 cm³/mol. The van der Waals surface area contributed by atoms with E-state index in [4.69, 9.17) is 0 Å². The standard InChI is InChI=1S/C26H23N3O2/c1-17(30)29-14-13-18-11-12-21(15-20(18)16-29)27-25(19-7-3-2-4-8-19)24-22-9-5-6-10-23(22)28-26(24)31/h2-12,15,27H,13-14,16H2,1H3,(H,28,31). The topological polar surface area (TPSA) is 61.4 Å². The Balaban J connectivity index is 1.59. The summed E-state index contributed by atoms with van der Waals surface area (Å²) in [6.45, 7) is 2.98. The van der Waals surface area contributed by atoms with Crippen LogP contribution in [0.1, 0.15) is 29.2 Å². The van der Waals surface area contributed by atoms with Gasteiger partial charge in [-0.15, -0.1) is 0 Å². The fraction of sp³-hybridized carbons (Fsp3) is 0.154. The summed E-state index contributed by atoms with van der Waals surface area (Å²) in [7, 11) is 0. The van der Waals surface area contributed by atoms with Crippen molar-refractivity contribution < 1.29 is 9.59 Å². The molecule has 31 heavy (non-hydrogen) atoms. The lowest BCUT2D eigenvalue weighted by Gasteiger charge is -2.28. The normalized spacial score (nSPS) is 16.3. The molecule has 2 aliphatic heterocycles. The first kappa shape index (κ1) is 19.1. The van der Waals surface area contributed by atoms with Crippen LogP contribution >= 0.6 is 0 Å². The third-order valence-corrected chi connectivity index (χ3v) is 5.92. The maximum Gasteiger partial charge on any atom is 0.258 e. The highest BCUT2D eigenvalue weighted by Crippen LogP contribution is 2.37. The van der Waals surface area contributed by atoms with Crippen LogP contribution in [0, 0.1) is 0 Å². The van der Waals surface area contributed by atoms with Crippen LogP contribution in [0.2, 0.25) is 0 Å². The predicted octanol–water partition coefficient (Wildman–Crippen LogP) is 4.52.